The molecule has 1 aliphatic rings. The summed E-state index contributed by atoms with van der Waals surface area (Å²) in [6.07, 6.45) is 6.93. The number of rotatable bonds is 4. The Balaban J connectivity index is 2.10. The van der Waals surface area contributed by atoms with Crippen molar-refractivity contribution in [2.24, 2.45) is 5.73 Å². The summed E-state index contributed by atoms with van der Waals surface area (Å²) in [7, 11) is 0. The van der Waals surface area contributed by atoms with E-state index in [1.807, 2.05) is 4.90 Å². The van der Waals surface area contributed by atoms with Gasteiger partial charge in [-0.05, 0) is 30.5 Å². The zero-order valence-corrected chi connectivity index (χ0v) is 11.9. The molecule has 4 heteroatoms. The fraction of sp³-hybridized carbons (Fsp3) is 0.562. The molecule has 0 atom stereocenters. The van der Waals surface area contributed by atoms with Crippen molar-refractivity contribution in [3.05, 3.63) is 35.6 Å². The highest BCUT2D eigenvalue weighted by atomic mass is 19.1. The van der Waals surface area contributed by atoms with Crippen LogP contribution in [0.2, 0.25) is 0 Å². The summed E-state index contributed by atoms with van der Waals surface area (Å²) < 4.78 is 13.0. The number of carbonyl (C=O) groups is 1. The van der Waals surface area contributed by atoms with Crippen LogP contribution in [-0.4, -0.2) is 23.4 Å². The first-order chi connectivity index (χ1) is 9.70. The Morgan fingerprint density at radius 3 is 2.30 bits per heavy atom. The average molecular weight is 278 g/mol. The van der Waals surface area contributed by atoms with Crippen LogP contribution in [0.3, 0.4) is 0 Å². The summed E-state index contributed by atoms with van der Waals surface area (Å²) in [5.41, 5.74) is 6.50. The van der Waals surface area contributed by atoms with Crippen LogP contribution in [-0.2, 0) is 11.3 Å². The smallest absolute Gasteiger partial charge is 0.236 e. The van der Waals surface area contributed by atoms with E-state index in [0.717, 1.165) is 18.4 Å². The lowest BCUT2D eigenvalue weighted by Crippen LogP contribution is -2.42. The average Bonchev–Trinajstić information content (AvgIpc) is 2.75. The van der Waals surface area contributed by atoms with Gasteiger partial charge in [0.25, 0.3) is 0 Å². The van der Waals surface area contributed by atoms with E-state index in [1.54, 1.807) is 12.1 Å². The molecular formula is C16H23FN2O. The lowest BCUT2D eigenvalue weighted by atomic mass is 10.1. The van der Waals surface area contributed by atoms with Crippen molar-refractivity contribution in [1.82, 2.24) is 4.90 Å². The van der Waals surface area contributed by atoms with Gasteiger partial charge in [-0.2, -0.15) is 0 Å². The molecule has 2 N–H and O–H groups in total. The van der Waals surface area contributed by atoms with Crippen molar-refractivity contribution in [1.29, 1.82) is 0 Å². The highest BCUT2D eigenvalue weighted by Crippen LogP contribution is 2.23. The maximum Gasteiger partial charge on any atom is 0.236 e. The standard InChI is InChI=1S/C16H23FN2O/c17-14-9-7-13(8-10-14)12-19(16(20)11-18)15-5-3-1-2-4-6-15/h7-10,15H,1-6,11-12,18H2. The van der Waals surface area contributed by atoms with Crippen molar-refractivity contribution in [3.63, 3.8) is 0 Å². The van der Waals surface area contributed by atoms with Crippen molar-refractivity contribution < 1.29 is 9.18 Å². The molecule has 0 aromatic heterocycles. The molecule has 0 bridgehead atoms. The minimum Gasteiger partial charge on any atom is -0.334 e. The molecule has 110 valence electrons. The van der Waals surface area contributed by atoms with Gasteiger partial charge < -0.3 is 10.6 Å². The maximum atomic E-state index is 13.0. The van der Waals surface area contributed by atoms with Gasteiger partial charge in [-0.15, -0.1) is 0 Å². The van der Waals surface area contributed by atoms with Gasteiger partial charge in [-0.1, -0.05) is 37.8 Å². The number of carbonyl (C=O) groups excluding carboxylic acids is 1. The van der Waals surface area contributed by atoms with Gasteiger partial charge in [-0.3, -0.25) is 4.79 Å². The molecular weight excluding hydrogens is 255 g/mol. The predicted molar refractivity (Wildman–Crippen MR) is 77.5 cm³/mol. The second-order valence-corrected chi connectivity index (χ2v) is 5.50. The number of nitrogens with two attached hydrogens (primary N) is 1. The third kappa shape index (κ3) is 4.04. The lowest BCUT2D eigenvalue weighted by molar-refractivity contribution is -0.133. The van der Waals surface area contributed by atoms with E-state index in [-0.39, 0.29) is 24.3 Å². The third-order valence-corrected chi connectivity index (χ3v) is 4.03. The van der Waals surface area contributed by atoms with Crippen molar-refractivity contribution in [3.8, 4) is 0 Å². The topological polar surface area (TPSA) is 46.3 Å². The highest BCUT2D eigenvalue weighted by Gasteiger charge is 2.23. The van der Waals surface area contributed by atoms with E-state index in [9.17, 15) is 9.18 Å². The number of amides is 1. The Morgan fingerprint density at radius 1 is 1.15 bits per heavy atom. The molecule has 1 aliphatic carbocycles. The molecule has 0 unspecified atom stereocenters. The summed E-state index contributed by atoms with van der Waals surface area (Å²) >= 11 is 0. The largest absolute Gasteiger partial charge is 0.334 e. The summed E-state index contributed by atoms with van der Waals surface area (Å²) in [4.78, 5) is 14.0. The normalized spacial score (nSPS) is 16.7. The van der Waals surface area contributed by atoms with Crippen molar-refractivity contribution in [2.45, 2.75) is 51.1 Å². The van der Waals surface area contributed by atoms with Crippen LogP contribution >= 0.6 is 0 Å². The Labute approximate surface area is 120 Å². The summed E-state index contributed by atoms with van der Waals surface area (Å²) in [6, 6.07) is 6.63. The molecule has 1 saturated carbocycles. The maximum absolute atomic E-state index is 13.0. The van der Waals surface area contributed by atoms with Crippen molar-refractivity contribution in [2.75, 3.05) is 6.54 Å². The molecule has 1 aromatic carbocycles. The number of nitrogens with zero attached hydrogens (tertiary/aromatic N) is 1. The first-order valence-corrected chi connectivity index (χ1v) is 7.44. The summed E-state index contributed by atoms with van der Waals surface area (Å²) in [6.45, 7) is 0.568. The summed E-state index contributed by atoms with van der Waals surface area (Å²) in [5, 5.41) is 0. The quantitative estimate of drug-likeness (QED) is 0.861. The molecule has 1 aromatic rings. The third-order valence-electron chi connectivity index (χ3n) is 4.03. The molecule has 1 fully saturated rings. The van der Waals surface area contributed by atoms with Gasteiger partial charge in [0.2, 0.25) is 5.91 Å². The Bertz CT molecular complexity index is 425. The molecule has 0 heterocycles. The first kappa shape index (κ1) is 15.0. The minimum atomic E-state index is -0.250. The second-order valence-electron chi connectivity index (χ2n) is 5.50. The van der Waals surface area contributed by atoms with E-state index in [1.165, 1.54) is 37.8 Å². The Kier molecular flexibility index (Phi) is 5.53. The number of hydrogen-bond donors (Lipinski definition) is 1. The van der Waals surface area contributed by atoms with E-state index >= 15 is 0 Å². The van der Waals surface area contributed by atoms with E-state index in [2.05, 4.69) is 0 Å². The zero-order valence-electron chi connectivity index (χ0n) is 11.9. The van der Waals surface area contributed by atoms with Crippen LogP contribution in [0.15, 0.2) is 24.3 Å². The van der Waals surface area contributed by atoms with E-state index in [4.69, 9.17) is 5.73 Å². The van der Waals surface area contributed by atoms with Crippen LogP contribution in [0.25, 0.3) is 0 Å². The van der Waals surface area contributed by atoms with Gasteiger partial charge in [0, 0.05) is 12.6 Å². The molecule has 2 rings (SSSR count). The molecule has 3 nitrogen and oxygen atoms in total. The molecule has 0 saturated heterocycles. The van der Waals surface area contributed by atoms with Crippen LogP contribution in [0, 0.1) is 5.82 Å². The van der Waals surface area contributed by atoms with Gasteiger partial charge in [0.1, 0.15) is 5.82 Å². The van der Waals surface area contributed by atoms with Gasteiger partial charge in [-0.25, -0.2) is 4.39 Å². The molecule has 0 radical (unpaired) electrons. The second kappa shape index (κ2) is 7.39. The van der Waals surface area contributed by atoms with Crippen LogP contribution in [0.1, 0.15) is 44.1 Å². The van der Waals surface area contributed by atoms with E-state index in [0.29, 0.717) is 6.54 Å². The van der Waals surface area contributed by atoms with Crippen LogP contribution < -0.4 is 5.73 Å². The molecule has 20 heavy (non-hydrogen) atoms. The zero-order chi connectivity index (χ0) is 14.4. The minimum absolute atomic E-state index is 0.0128. The van der Waals surface area contributed by atoms with Gasteiger partial charge >= 0.3 is 0 Å². The lowest BCUT2D eigenvalue weighted by Gasteiger charge is -2.31. The van der Waals surface area contributed by atoms with Crippen LogP contribution in [0.4, 0.5) is 4.39 Å². The number of hydrogen-bond acceptors (Lipinski definition) is 2. The predicted octanol–water partition coefficient (Wildman–Crippen LogP) is 2.84. The molecule has 0 aliphatic heterocycles. The number of benzene rings is 1. The molecule has 0 spiro atoms. The number of halogens is 1. The monoisotopic (exact) mass is 278 g/mol. The fourth-order valence-electron chi connectivity index (χ4n) is 2.89. The SMILES string of the molecule is NCC(=O)N(Cc1ccc(F)cc1)C1CCCCCC1. The van der Waals surface area contributed by atoms with Gasteiger partial charge in [0.05, 0.1) is 6.54 Å². The molecule has 1 amide bonds. The fourth-order valence-corrected chi connectivity index (χ4v) is 2.89. The van der Waals surface area contributed by atoms with Crippen LogP contribution in [0.5, 0.6) is 0 Å². The Hall–Kier alpha value is -1.42. The van der Waals surface area contributed by atoms with E-state index < -0.39 is 0 Å². The highest BCUT2D eigenvalue weighted by molar-refractivity contribution is 5.78. The van der Waals surface area contributed by atoms with Gasteiger partial charge in [0.15, 0.2) is 0 Å². The van der Waals surface area contributed by atoms with Crippen molar-refractivity contribution >= 4 is 5.91 Å². The summed E-state index contributed by atoms with van der Waals surface area (Å²) in [5.74, 6) is -0.263. The Morgan fingerprint density at radius 2 is 1.75 bits per heavy atom. The first-order valence-electron chi connectivity index (χ1n) is 7.44.